The third-order valence-corrected chi connectivity index (χ3v) is 4.08. The molecule has 100 valence electrons. The average Bonchev–Trinajstić information content (AvgIpc) is 2.36. The minimum atomic E-state index is 0.277. The molecule has 1 saturated heterocycles. The van der Waals surface area contributed by atoms with Crippen molar-refractivity contribution in [2.24, 2.45) is 5.92 Å². The molecule has 0 aliphatic carbocycles. The number of hydrogen-bond acceptors (Lipinski definition) is 2. The number of piperidine rings is 1. The maximum absolute atomic E-state index is 9.16. The summed E-state index contributed by atoms with van der Waals surface area (Å²) in [6, 6.07) is 9.47. The Bertz CT molecular complexity index is 360. The normalized spacial score (nSPS) is 25.3. The van der Waals surface area contributed by atoms with Crippen LogP contribution in [0, 0.1) is 12.8 Å². The van der Waals surface area contributed by atoms with Crippen LogP contribution in [-0.2, 0) is 6.42 Å². The van der Waals surface area contributed by atoms with Crippen molar-refractivity contribution in [1.29, 1.82) is 0 Å². The van der Waals surface area contributed by atoms with E-state index in [2.05, 4.69) is 43.0 Å². The molecular formula is C16H25NO. The van der Waals surface area contributed by atoms with Crippen LogP contribution in [0.1, 0.15) is 30.9 Å². The number of aliphatic hydroxyl groups is 1. The lowest BCUT2D eigenvalue weighted by Crippen LogP contribution is -2.44. The van der Waals surface area contributed by atoms with Gasteiger partial charge in [-0.1, -0.05) is 36.8 Å². The van der Waals surface area contributed by atoms with Gasteiger partial charge in [0.2, 0.25) is 0 Å². The summed E-state index contributed by atoms with van der Waals surface area (Å²) in [5.74, 6) is 0.815. The van der Waals surface area contributed by atoms with Crippen LogP contribution in [-0.4, -0.2) is 35.7 Å². The Kier molecular flexibility index (Phi) is 4.79. The molecule has 1 aromatic carbocycles. The number of aliphatic hydroxyl groups excluding tert-OH is 1. The first-order chi connectivity index (χ1) is 8.69. The SMILES string of the molecule is Cc1ccc(C[C@H]2C[C@@H](C)CCN2CCO)cc1. The molecule has 1 aromatic rings. The van der Waals surface area contributed by atoms with Crippen LogP contribution >= 0.6 is 0 Å². The Hall–Kier alpha value is -0.860. The maximum Gasteiger partial charge on any atom is 0.0558 e. The lowest BCUT2D eigenvalue weighted by molar-refractivity contribution is 0.0940. The van der Waals surface area contributed by atoms with Crippen LogP contribution in [0.4, 0.5) is 0 Å². The zero-order valence-corrected chi connectivity index (χ0v) is 11.6. The van der Waals surface area contributed by atoms with Crippen molar-refractivity contribution in [3.8, 4) is 0 Å². The Morgan fingerprint density at radius 2 is 2.00 bits per heavy atom. The van der Waals surface area contributed by atoms with Crippen molar-refractivity contribution in [2.75, 3.05) is 19.7 Å². The van der Waals surface area contributed by atoms with E-state index in [0.717, 1.165) is 25.4 Å². The van der Waals surface area contributed by atoms with Crippen molar-refractivity contribution in [3.05, 3.63) is 35.4 Å². The lowest BCUT2D eigenvalue weighted by atomic mass is 9.88. The number of aryl methyl sites for hydroxylation is 1. The molecular weight excluding hydrogens is 222 g/mol. The smallest absolute Gasteiger partial charge is 0.0558 e. The van der Waals surface area contributed by atoms with Crippen LogP contribution < -0.4 is 0 Å². The van der Waals surface area contributed by atoms with Crippen molar-refractivity contribution in [3.63, 3.8) is 0 Å². The molecule has 1 N–H and O–H groups in total. The molecule has 1 fully saturated rings. The van der Waals surface area contributed by atoms with E-state index < -0.39 is 0 Å². The first-order valence-electron chi connectivity index (χ1n) is 7.09. The van der Waals surface area contributed by atoms with Gasteiger partial charge in [0.05, 0.1) is 6.61 Å². The van der Waals surface area contributed by atoms with Gasteiger partial charge in [-0.2, -0.15) is 0 Å². The van der Waals surface area contributed by atoms with E-state index >= 15 is 0 Å². The first-order valence-corrected chi connectivity index (χ1v) is 7.09. The van der Waals surface area contributed by atoms with Crippen LogP contribution in [0.2, 0.25) is 0 Å². The van der Waals surface area contributed by atoms with Crippen molar-refractivity contribution >= 4 is 0 Å². The zero-order chi connectivity index (χ0) is 13.0. The van der Waals surface area contributed by atoms with Gasteiger partial charge >= 0.3 is 0 Å². The third-order valence-electron chi connectivity index (χ3n) is 4.08. The fourth-order valence-electron chi connectivity index (χ4n) is 2.93. The van der Waals surface area contributed by atoms with Gasteiger partial charge in [-0.15, -0.1) is 0 Å². The molecule has 0 radical (unpaired) electrons. The van der Waals surface area contributed by atoms with Gasteiger partial charge in [-0.05, 0) is 44.2 Å². The summed E-state index contributed by atoms with van der Waals surface area (Å²) in [6.45, 7) is 6.71. The summed E-state index contributed by atoms with van der Waals surface area (Å²) in [4.78, 5) is 2.46. The highest BCUT2D eigenvalue weighted by Gasteiger charge is 2.25. The molecule has 2 atom stereocenters. The Labute approximate surface area is 111 Å². The highest BCUT2D eigenvalue weighted by Crippen LogP contribution is 2.24. The molecule has 0 unspecified atom stereocenters. The van der Waals surface area contributed by atoms with Gasteiger partial charge in [-0.3, -0.25) is 4.90 Å². The summed E-state index contributed by atoms with van der Waals surface area (Å²) in [5, 5.41) is 9.16. The number of likely N-dealkylation sites (tertiary alicyclic amines) is 1. The minimum absolute atomic E-state index is 0.277. The van der Waals surface area contributed by atoms with E-state index in [1.165, 1.54) is 24.0 Å². The van der Waals surface area contributed by atoms with E-state index in [-0.39, 0.29) is 6.61 Å². The van der Waals surface area contributed by atoms with Crippen molar-refractivity contribution in [1.82, 2.24) is 4.90 Å². The second-order valence-electron chi connectivity index (χ2n) is 5.73. The van der Waals surface area contributed by atoms with Crippen LogP contribution in [0.15, 0.2) is 24.3 Å². The molecule has 2 heteroatoms. The predicted molar refractivity (Wildman–Crippen MR) is 75.7 cm³/mol. The van der Waals surface area contributed by atoms with E-state index in [0.29, 0.717) is 6.04 Å². The Morgan fingerprint density at radius 1 is 1.28 bits per heavy atom. The standard InChI is InChI=1S/C16H25NO/c1-13-3-5-15(6-4-13)12-16-11-14(2)7-8-17(16)9-10-18/h3-6,14,16,18H,7-12H2,1-2H3/t14-,16+/m0/s1. The molecule has 2 nitrogen and oxygen atoms in total. The molecule has 1 aliphatic rings. The predicted octanol–water partition coefficient (Wildman–Crippen LogP) is 2.63. The molecule has 18 heavy (non-hydrogen) atoms. The van der Waals surface area contributed by atoms with Gasteiger partial charge < -0.3 is 5.11 Å². The number of nitrogens with zero attached hydrogens (tertiary/aromatic N) is 1. The Balaban J connectivity index is 2.01. The van der Waals surface area contributed by atoms with E-state index in [1.807, 2.05) is 0 Å². The molecule has 0 bridgehead atoms. The second-order valence-corrected chi connectivity index (χ2v) is 5.73. The average molecular weight is 247 g/mol. The van der Waals surface area contributed by atoms with Crippen LogP contribution in [0.25, 0.3) is 0 Å². The van der Waals surface area contributed by atoms with Gasteiger partial charge in [0.1, 0.15) is 0 Å². The van der Waals surface area contributed by atoms with Crippen molar-refractivity contribution in [2.45, 2.75) is 39.2 Å². The number of benzene rings is 1. The van der Waals surface area contributed by atoms with Crippen LogP contribution in [0.3, 0.4) is 0 Å². The zero-order valence-electron chi connectivity index (χ0n) is 11.6. The highest BCUT2D eigenvalue weighted by atomic mass is 16.3. The lowest BCUT2D eigenvalue weighted by Gasteiger charge is -2.38. The number of hydrogen-bond donors (Lipinski definition) is 1. The molecule has 1 heterocycles. The quantitative estimate of drug-likeness (QED) is 0.884. The maximum atomic E-state index is 9.16. The molecule has 1 aliphatic heterocycles. The van der Waals surface area contributed by atoms with E-state index in [1.54, 1.807) is 0 Å². The molecule has 0 aromatic heterocycles. The van der Waals surface area contributed by atoms with Crippen molar-refractivity contribution < 1.29 is 5.11 Å². The van der Waals surface area contributed by atoms with Gasteiger partial charge in [-0.25, -0.2) is 0 Å². The van der Waals surface area contributed by atoms with Gasteiger partial charge in [0.25, 0.3) is 0 Å². The van der Waals surface area contributed by atoms with Gasteiger partial charge in [0.15, 0.2) is 0 Å². The number of rotatable bonds is 4. The van der Waals surface area contributed by atoms with E-state index in [9.17, 15) is 0 Å². The molecule has 2 rings (SSSR count). The molecule has 0 spiro atoms. The topological polar surface area (TPSA) is 23.5 Å². The fraction of sp³-hybridized carbons (Fsp3) is 0.625. The minimum Gasteiger partial charge on any atom is -0.395 e. The summed E-state index contributed by atoms with van der Waals surface area (Å²) in [6.07, 6.45) is 3.64. The molecule has 0 saturated carbocycles. The largest absolute Gasteiger partial charge is 0.395 e. The first kappa shape index (κ1) is 13.6. The second kappa shape index (κ2) is 6.35. The fourth-order valence-corrected chi connectivity index (χ4v) is 2.93. The third kappa shape index (κ3) is 3.56. The number of β-amino-alcohol motifs (C(OH)–C–C–N with tert-alkyl or cyclic N) is 1. The summed E-state index contributed by atoms with van der Waals surface area (Å²) in [5.41, 5.74) is 2.74. The van der Waals surface area contributed by atoms with Crippen LogP contribution in [0.5, 0.6) is 0 Å². The molecule has 0 amide bonds. The summed E-state index contributed by atoms with van der Waals surface area (Å²) in [7, 11) is 0. The monoisotopic (exact) mass is 247 g/mol. The summed E-state index contributed by atoms with van der Waals surface area (Å²) < 4.78 is 0. The summed E-state index contributed by atoms with van der Waals surface area (Å²) >= 11 is 0. The highest BCUT2D eigenvalue weighted by molar-refractivity contribution is 5.22. The van der Waals surface area contributed by atoms with Gasteiger partial charge in [0, 0.05) is 12.6 Å². The van der Waals surface area contributed by atoms with E-state index in [4.69, 9.17) is 5.11 Å². The Morgan fingerprint density at radius 3 is 2.67 bits per heavy atom.